The van der Waals surface area contributed by atoms with Gasteiger partial charge in [-0.2, -0.15) is 0 Å². The van der Waals surface area contributed by atoms with E-state index in [-0.39, 0.29) is 11.0 Å². The Bertz CT molecular complexity index is 536. The summed E-state index contributed by atoms with van der Waals surface area (Å²) in [5, 5.41) is 9.47. The van der Waals surface area contributed by atoms with Crippen LogP contribution in [-0.2, 0) is 16.7 Å². The van der Waals surface area contributed by atoms with E-state index in [1.807, 2.05) is 0 Å². The molecule has 0 spiro atoms. The second-order valence-electron chi connectivity index (χ2n) is 7.84. The van der Waals surface area contributed by atoms with Crippen LogP contribution in [0.3, 0.4) is 0 Å². The number of aryl methyl sites for hydroxylation is 1. The van der Waals surface area contributed by atoms with Crippen molar-refractivity contribution >= 4 is 0 Å². The topological polar surface area (TPSA) is 29.5 Å². The summed E-state index contributed by atoms with van der Waals surface area (Å²) in [7, 11) is 0. The number of hydrogen-bond donors (Lipinski definition) is 1. The molecule has 3 atom stereocenters. The van der Waals surface area contributed by atoms with Gasteiger partial charge in [-0.15, -0.1) is 0 Å². The van der Waals surface area contributed by atoms with Crippen LogP contribution in [0, 0.1) is 5.92 Å². The molecule has 0 bridgehead atoms. The maximum Gasteiger partial charge on any atom is 0.104 e. The molecular weight excluding hydrogens is 260 g/mol. The quantitative estimate of drug-likeness (QED) is 0.608. The first-order valence-electron chi connectivity index (χ1n) is 8.36. The first-order chi connectivity index (χ1) is 9.90. The molecule has 1 aromatic carbocycles. The van der Waals surface area contributed by atoms with E-state index in [0.717, 1.165) is 25.7 Å². The zero-order chi connectivity index (χ0) is 15.3. The van der Waals surface area contributed by atoms with Crippen LogP contribution in [-0.4, -0.2) is 10.9 Å². The highest BCUT2D eigenvalue weighted by Crippen LogP contribution is 2.54. The maximum absolute atomic E-state index is 9.47. The third-order valence-corrected chi connectivity index (χ3v) is 6.20. The van der Waals surface area contributed by atoms with Crippen LogP contribution in [0.2, 0.25) is 0 Å². The van der Waals surface area contributed by atoms with Crippen LogP contribution >= 0.6 is 0 Å². The largest absolute Gasteiger partial charge is 0.251 e. The summed E-state index contributed by atoms with van der Waals surface area (Å²) in [6.45, 7) is 8.97. The van der Waals surface area contributed by atoms with Crippen LogP contribution in [0.4, 0.5) is 0 Å². The zero-order valence-electron chi connectivity index (χ0n) is 13.8. The van der Waals surface area contributed by atoms with E-state index in [9.17, 15) is 5.26 Å². The Morgan fingerprint density at radius 1 is 1.24 bits per heavy atom. The molecule has 1 saturated carbocycles. The van der Waals surface area contributed by atoms with Crippen molar-refractivity contribution < 1.29 is 10.1 Å². The zero-order valence-corrected chi connectivity index (χ0v) is 13.8. The number of rotatable bonds is 2. The number of hydrogen-bond acceptors (Lipinski definition) is 2. The van der Waals surface area contributed by atoms with E-state index in [1.165, 1.54) is 23.1 Å². The van der Waals surface area contributed by atoms with Gasteiger partial charge in [-0.1, -0.05) is 39.0 Å². The molecule has 2 heteroatoms. The summed E-state index contributed by atoms with van der Waals surface area (Å²) in [5.41, 5.74) is 4.20. The fourth-order valence-electron chi connectivity index (χ4n) is 4.92. The molecule has 0 aliphatic heterocycles. The third kappa shape index (κ3) is 2.24. The van der Waals surface area contributed by atoms with E-state index in [4.69, 9.17) is 4.89 Å². The molecule has 21 heavy (non-hydrogen) atoms. The van der Waals surface area contributed by atoms with Crippen LogP contribution in [0.1, 0.15) is 76.0 Å². The second kappa shape index (κ2) is 5.10. The molecule has 2 aliphatic rings. The summed E-state index contributed by atoms with van der Waals surface area (Å²) < 4.78 is 0. The lowest BCUT2D eigenvalue weighted by Gasteiger charge is -2.53. The molecule has 3 rings (SSSR count). The lowest BCUT2D eigenvalue weighted by atomic mass is 9.53. The first kappa shape index (κ1) is 15.1. The Balaban J connectivity index is 2.05. The maximum atomic E-state index is 9.47. The van der Waals surface area contributed by atoms with Crippen molar-refractivity contribution in [1.29, 1.82) is 0 Å². The van der Waals surface area contributed by atoms with Gasteiger partial charge < -0.3 is 0 Å². The number of benzene rings is 1. The van der Waals surface area contributed by atoms with Gasteiger partial charge in [0.05, 0.1) is 0 Å². The summed E-state index contributed by atoms with van der Waals surface area (Å²) in [6.07, 6.45) is 5.50. The molecule has 0 amide bonds. The van der Waals surface area contributed by atoms with E-state index >= 15 is 0 Å². The Kier molecular flexibility index (Phi) is 3.66. The highest BCUT2D eigenvalue weighted by atomic mass is 17.1. The van der Waals surface area contributed by atoms with Gasteiger partial charge in [-0.3, -0.25) is 5.26 Å². The lowest BCUT2D eigenvalue weighted by Crippen LogP contribution is -2.53. The van der Waals surface area contributed by atoms with Gasteiger partial charge in [0.2, 0.25) is 0 Å². The van der Waals surface area contributed by atoms with Crippen molar-refractivity contribution in [2.24, 2.45) is 5.92 Å². The third-order valence-electron chi connectivity index (χ3n) is 6.20. The fraction of sp³-hybridized carbons (Fsp3) is 0.684. The van der Waals surface area contributed by atoms with Crippen molar-refractivity contribution in [1.82, 2.24) is 0 Å². The minimum absolute atomic E-state index is 0.138. The second-order valence-corrected chi connectivity index (χ2v) is 7.84. The molecule has 116 valence electrons. The molecule has 1 aromatic rings. The summed E-state index contributed by atoms with van der Waals surface area (Å²) in [4.78, 5) is 4.99. The van der Waals surface area contributed by atoms with Crippen LogP contribution < -0.4 is 0 Å². The molecule has 0 saturated heterocycles. The molecule has 2 nitrogen and oxygen atoms in total. The smallest absolute Gasteiger partial charge is 0.104 e. The Morgan fingerprint density at radius 3 is 2.67 bits per heavy atom. The molecule has 1 N–H and O–H groups in total. The van der Waals surface area contributed by atoms with Gasteiger partial charge >= 0.3 is 0 Å². The minimum Gasteiger partial charge on any atom is -0.251 e. The number of fused-ring (bicyclic) bond motifs is 3. The van der Waals surface area contributed by atoms with Crippen molar-refractivity contribution in [3.05, 3.63) is 34.9 Å². The molecular formula is C19H28O2. The first-order valence-corrected chi connectivity index (χ1v) is 8.36. The van der Waals surface area contributed by atoms with Crippen molar-refractivity contribution in [2.45, 2.75) is 76.7 Å². The SMILES string of the molecule is CC(C)c1ccc2c(c1)CC[C@H]1[C@](C)(OO)CCC[C@]21C. The van der Waals surface area contributed by atoms with E-state index in [1.54, 1.807) is 0 Å². The summed E-state index contributed by atoms with van der Waals surface area (Å²) >= 11 is 0. The van der Waals surface area contributed by atoms with Gasteiger partial charge in [0.15, 0.2) is 0 Å². The van der Waals surface area contributed by atoms with Crippen molar-refractivity contribution in [3.8, 4) is 0 Å². The molecule has 0 radical (unpaired) electrons. The Morgan fingerprint density at radius 2 is 2.00 bits per heavy atom. The average Bonchev–Trinajstić information content (AvgIpc) is 2.46. The highest BCUT2D eigenvalue weighted by Gasteiger charge is 2.53. The van der Waals surface area contributed by atoms with Crippen molar-refractivity contribution in [3.63, 3.8) is 0 Å². The van der Waals surface area contributed by atoms with Gasteiger partial charge in [-0.05, 0) is 67.1 Å². The molecule has 1 fully saturated rings. The van der Waals surface area contributed by atoms with E-state index in [2.05, 4.69) is 45.9 Å². The predicted molar refractivity (Wildman–Crippen MR) is 85.7 cm³/mol. The average molecular weight is 288 g/mol. The Hall–Kier alpha value is -0.860. The van der Waals surface area contributed by atoms with Crippen molar-refractivity contribution in [2.75, 3.05) is 0 Å². The van der Waals surface area contributed by atoms with Gasteiger partial charge in [-0.25, -0.2) is 4.89 Å². The van der Waals surface area contributed by atoms with Crippen LogP contribution in [0.15, 0.2) is 18.2 Å². The fourth-order valence-corrected chi connectivity index (χ4v) is 4.92. The standard InChI is InChI=1S/C19H28O2/c1-13(2)14-6-8-16-15(12-14)7-9-17-18(16,3)10-5-11-19(17,4)21-20/h6,8,12-13,17,20H,5,7,9-11H2,1-4H3/t17-,18-,19-/m1/s1. The Labute approximate surface area is 128 Å². The molecule has 0 aromatic heterocycles. The van der Waals surface area contributed by atoms with Crippen LogP contribution in [0.25, 0.3) is 0 Å². The van der Waals surface area contributed by atoms with Gasteiger partial charge in [0, 0.05) is 5.92 Å². The normalized spacial score (nSPS) is 35.4. The van der Waals surface area contributed by atoms with Crippen LogP contribution in [0.5, 0.6) is 0 Å². The monoisotopic (exact) mass is 288 g/mol. The van der Waals surface area contributed by atoms with Gasteiger partial charge in [0.25, 0.3) is 0 Å². The van der Waals surface area contributed by atoms with E-state index < -0.39 is 0 Å². The summed E-state index contributed by atoms with van der Waals surface area (Å²) in [6, 6.07) is 7.05. The van der Waals surface area contributed by atoms with E-state index in [0.29, 0.717) is 11.8 Å². The predicted octanol–water partition coefficient (Wildman–Crippen LogP) is 5.06. The summed E-state index contributed by atoms with van der Waals surface area (Å²) in [5.74, 6) is 0.986. The molecule has 2 aliphatic carbocycles. The van der Waals surface area contributed by atoms with Gasteiger partial charge in [0.1, 0.15) is 5.60 Å². The minimum atomic E-state index is -0.387. The molecule has 0 heterocycles. The molecule has 0 unspecified atom stereocenters. The highest BCUT2D eigenvalue weighted by molar-refractivity contribution is 5.42. The lowest BCUT2D eigenvalue weighted by molar-refractivity contribution is -0.345.